The van der Waals surface area contributed by atoms with E-state index >= 15 is 0 Å². The summed E-state index contributed by atoms with van der Waals surface area (Å²) in [4.78, 5) is 24.8. The lowest BCUT2D eigenvalue weighted by Gasteiger charge is -2.19. The Morgan fingerprint density at radius 3 is 2.52 bits per heavy atom. The Balaban J connectivity index is 1.58. The number of aromatic nitrogens is 1. The van der Waals surface area contributed by atoms with Gasteiger partial charge in [-0.15, -0.1) is 0 Å². The second-order valence-corrected chi connectivity index (χ2v) is 9.83. The van der Waals surface area contributed by atoms with Gasteiger partial charge in [-0.05, 0) is 43.2 Å². The van der Waals surface area contributed by atoms with Gasteiger partial charge in [-0.1, -0.05) is 30.5 Å². The first-order valence-corrected chi connectivity index (χ1v) is 11.9. The molecule has 0 unspecified atom stereocenters. The van der Waals surface area contributed by atoms with Crippen LogP contribution in [0.5, 0.6) is 0 Å². The fraction of sp³-hybridized carbons (Fsp3) is 0.333. The van der Waals surface area contributed by atoms with Crippen molar-refractivity contribution in [2.45, 2.75) is 37.1 Å². The quantitative estimate of drug-likeness (QED) is 0.624. The molecule has 1 saturated heterocycles. The summed E-state index contributed by atoms with van der Waals surface area (Å²) < 4.78 is 33.9. The molecule has 1 aliphatic rings. The Morgan fingerprint density at radius 2 is 1.81 bits per heavy atom. The number of fused-ring (bicyclic) bond motifs is 1. The van der Waals surface area contributed by atoms with Crippen molar-refractivity contribution in [3.05, 3.63) is 58.0 Å². The number of amides is 1. The Hall–Kier alpha value is -2.62. The van der Waals surface area contributed by atoms with Gasteiger partial charge in [0.05, 0.1) is 10.4 Å². The largest absolute Gasteiger partial charge is 0.420 e. The van der Waals surface area contributed by atoms with Crippen LogP contribution in [-0.2, 0) is 21.4 Å². The van der Waals surface area contributed by atoms with E-state index in [9.17, 15) is 18.0 Å². The third-order valence-electron chi connectivity index (χ3n) is 5.25. The van der Waals surface area contributed by atoms with Gasteiger partial charge in [0, 0.05) is 29.9 Å². The van der Waals surface area contributed by atoms with Crippen LogP contribution in [0.3, 0.4) is 0 Å². The predicted molar refractivity (Wildman–Crippen MR) is 118 cm³/mol. The fourth-order valence-corrected chi connectivity index (χ4v) is 5.42. The maximum Gasteiger partial charge on any atom is 0.420 e. The molecular weight excluding hydrogens is 442 g/mol. The number of hydrogen-bond acceptors (Lipinski definition) is 5. The van der Waals surface area contributed by atoms with Crippen LogP contribution in [0.25, 0.3) is 11.1 Å². The SMILES string of the molecule is O=C(Cn1c(=O)oc2cc(S(=O)(=O)N3CCCCCC3)ccc21)Nc1cccc(Cl)c1. The van der Waals surface area contributed by atoms with E-state index < -0.39 is 21.7 Å². The molecule has 164 valence electrons. The first-order chi connectivity index (χ1) is 14.8. The zero-order valence-corrected chi connectivity index (χ0v) is 18.3. The number of halogens is 1. The number of sulfonamides is 1. The molecule has 10 heteroatoms. The Morgan fingerprint density at radius 1 is 1.06 bits per heavy atom. The third-order valence-corrected chi connectivity index (χ3v) is 7.38. The minimum absolute atomic E-state index is 0.0752. The van der Waals surface area contributed by atoms with Gasteiger partial charge in [0.25, 0.3) is 0 Å². The van der Waals surface area contributed by atoms with Crippen LogP contribution in [0.15, 0.2) is 56.6 Å². The number of oxazole rings is 1. The first-order valence-electron chi connectivity index (χ1n) is 10.0. The molecule has 0 saturated carbocycles. The minimum Gasteiger partial charge on any atom is -0.408 e. The summed E-state index contributed by atoms with van der Waals surface area (Å²) in [5.41, 5.74) is 0.974. The molecule has 0 bridgehead atoms. The highest BCUT2D eigenvalue weighted by molar-refractivity contribution is 7.89. The second kappa shape index (κ2) is 8.86. The third kappa shape index (κ3) is 4.68. The van der Waals surface area contributed by atoms with Crippen molar-refractivity contribution in [1.82, 2.24) is 8.87 Å². The number of carbonyl (C=O) groups excluding carboxylic acids is 1. The van der Waals surface area contributed by atoms with E-state index in [1.807, 2.05) is 0 Å². The van der Waals surface area contributed by atoms with Gasteiger partial charge < -0.3 is 9.73 Å². The monoisotopic (exact) mass is 463 g/mol. The average molecular weight is 464 g/mol. The molecule has 2 heterocycles. The molecule has 8 nitrogen and oxygen atoms in total. The van der Waals surface area contributed by atoms with Gasteiger partial charge in [-0.3, -0.25) is 9.36 Å². The standard InChI is InChI=1S/C21H22ClN3O5S/c22-15-6-5-7-16(12-15)23-20(26)14-25-18-9-8-17(13-19(18)30-21(25)27)31(28,29)24-10-3-1-2-4-11-24/h5-9,12-13H,1-4,10-11,14H2,(H,23,26). The van der Waals surface area contributed by atoms with E-state index in [4.69, 9.17) is 16.0 Å². The molecular formula is C21H22ClN3O5S. The Bertz CT molecular complexity index is 1270. The van der Waals surface area contributed by atoms with Crippen molar-refractivity contribution < 1.29 is 17.6 Å². The van der Waals surface area contributed by atoms with Crippen LogP contribution in [0.4, 0.5) is 5.69 Å². The second-order valence-electron chi connectivity index (χ2n) is 7.46. The molecule has 1 amide bonds. The van der Waals surface area contributed by atoms with Crippen molar-refractivity contribution >= 4 is 44.3 Å². The smallest absolute Gasteiger partial charge is 0.408 e. The van der Waals surface area contributed by atoms with E-state index in [0.717, 1.165) is 30.3 Å². The van der Waals surface area contributed by atoms with Crippen LogP contribution in [0, 0.1) is 0 Å². The first kappa shape index (κ1) is 21.6. The van der Waals surface area contributed by atoms with Gasteiger partial charge in [0.2, 0.25) is 15.9 Å². The lowest BCUT2D eigenvalue weighted by molar-refractivity contribution is -0.116. The summed E-state index contributed by atoms with van der Waals surface area (Å²) in [7, 11) is -3.68. The molecule has 3 aromatic rings. The summed E-state index contributed by atoms with van der Waals surface area (Å²) in [5.74, 6) is -1.17. The lowest BCUT2D eigenvalue weighted by Crippen LogP contribution is -2.31. The van der Waals surface area contributed by atoms with Crippen LogP contribution < -0.4 is 11.1 Å². The normalized spacial score (nSPS) is 15.6. The molecule has 0 atom stereocenters. The Kier molecular flexibility index (Phi) is 6.17. The van der Waals surface area contributed by atoms with Gasteiger partial charge in [0.1, 0.15) is 6.54 Å². The molecule has 2 aromatic carbocycles. The number of rotatable bonds is 5. The highest BCUT2D eigenvalue weighted by Gasteiger charge is 2.26. The minimum atomic E-state index is -3.68. The highest BCUT2D eigenvalue weighted by Crippen LogP contribution is 2.24. The number of nitrogens with zero attached hydrogens (tertiary/aromatic N) is 2. The van der Waals surface area contributed by atoms with Crippen molar-refractivity contribution in [2.24, 2.45) is 0 Å². The van der Waals surface area contributed by atoms with Crippen molar-refractivity contribution in [2.75, 3.05) is 18.4 Å². The summed E-state index contributed by atoms with van der Waals surface area (Å²) >= 11 is 5.92. The molecule has 0 aliphatic carbocycles. The van der Waals surface area contributed by atoms with E-state index in [-0.39, 0.29) is 17.0 Å². The van der Waals surface area contributed by atoms with Crippen molar-refractivity contribution in [3.8, 4) is 0 Å². The van der Waals surface area contributed by atoms with Crippen molar-refractivity contribution in [3.63, 3.8) is 0 Å². The molecule has 0 spiro atoms. The summed E-state index contributed by atoms with van der Waals surface area (Å²) in [6.07, 6.45) is 3.68. The van der Waals surface area contributed by atoms with Gasteiger partial charge in [-0.25, -0.2) is 13.2 Å². The molecule has 1 fully saturated rings. The molecule has 1 aromatic heterocycles. The maximum absolute atomic E-state index is 13.0. The molecule has 1 aliphatic heterocycles. The summed E-state index contributed by atoms with van der Waals surface area (Å²) in [6.45, 7) is 0.681. The van der Waals surface area contributed by atoms with Gasteiger partial charge in [0.15, 0.2) is 5.58 Å². The predicted octanol–water partition coefficient (Wildman–Crippen LogP) is 3.45. The number of anilines is 1. The molecule has 4 rings (SSSR count). The van der Waals surface area contributed by atoms with Gasteiger partial charge >= 0.3 is 5.76 Å². The number of carbonyl (C=O) groups is 1. The number of hydrogen-bond donors (Lipinski definition) is 1. The average Bonchev–Trinajstić information content (AvgIpc) is 2.89. The zero-order valence-electron chi connectivity index (χ0n) is 16.7. The van der Waals surface area contributed by atoms with Crippen LogP contribution >= 0.6 is 11.6 Å². The highest BCUT2D eigenvalue weighted by atomic mass is 35.5. The Labute approximate surface area is 184 Å². The molecule has 0 radical (unpaired) electrons. The number of nitrogens with one attached hydrogen (secondary N) is 1. The lowest BCUT2D eigenvalue weighted by atomic mass is 10.2. The molecule has 1 N–H and O–H groups in total. The summed E-state index contributed by atoms with van der Waals surface area (Å²) in [5, 5.41) is 3.14. The van der Waals surface area contributed by atoms with E-state index in [1.165, 1.54) is 22.5 Å². The van der Waals surface area contributed by atoms with E-state index in [0.29, 0.717) is 29.3 Å². The van der Waals surface area contributed by atoms with E-state index in [2.05, 4.69) is 5.32 Å². The van der Waals surface area contributed by atoms with Crippen LogP contribution in [-0.4, -0.2) is 36.3 Å². The zero-order chi connectivity index (χ0) is 22.0. The fourth-order valence-electron chi connectivity index (χ4n) is 3.70. The van der Waals surface area contributed by atoms with Crippen LogP contribution in [0.1, 0.15) is 25.7 Å². The maximum atomic E-state index is 13.0. The topological polar surface area (TPSA) is 102 Å². The van der Waals surface area contributed by atoms with E-state index in [1.54, 1.807) is 24.3 Å². The molecule has 31 heavy (non-hydrogen) atoms. The van der Waals surface area contributed by atoms with Crippen LogP contribution in [0.2, 0.25) is 5.02 Å². The summed E-state index contributed by atoms with van der Waals surface area (Å²) in [6, 6.07) is 10.9. The van der Waals surface area contributed by atoms with Gasteiger partial charge in [-0.2, -0.15) is 4.31 Å². The van der Waals surface area contributed by atoms with Crippen molar-refractivity contribution in [1.29, 1.82) is 0 Å². The number of benzene rings is 2.